The van der Waals surface area contributed by atoms with Crippen molar-refractivity contribution in [3.63, 3.8) is 0 Å². The molecule has 114 valence electrons. The topological polar surface area (TPSA) is 63.5 Å². The third kappa shape index (κ3) is 3.31. The molecule has 0 saturated carbocycles. The second kappa shape index (κ2) is 5.59. The molecule has 8 heteroatoms. The van der Waals surface area contributed by atoms with Gasteiger partial charge in [0.05, 0.1) is 16.6 Å². The Bertz CT molecular complexity index is 607. The highest BCUT2D eigenvalue weighted by Gasteiger charge is 2.32. The highest BCUT2D eigenvalue weighted by Crippen LogP contribution is 2.31. The Morgan fingerprint density at radius 1 is 1.38 bits per heavy atom. The minimum Gasteiger partial charge on any atom is -0.336 e. The van der Waals surface area contributed by atoms with E-state index < -0.39 is 33.7 Å². The lowest BCUT2D eigenvalue weighted by atomic mass is 10.1. The normalized spacial score (nSPS) is 17.6. The van der Waals surface area contributed by atoms with Crippen molar-refractivity contribution in [2.75, 3.05) is 18.8 Å². The summed E-state index contributed by atoms with van der Waals surface area (Å²) in [6, 6.07) is 1.05. The van der Waals surface area contributed by atoms with Gasteiger partial charge in [0.2, 0.25) is 5.82 Å². The summed E-state index contributed by atoms with van der Waals surface area (Å²) in [5.41, 5.74) is -1.45. The van der Waals surface area contributed by atoms with Crippen LogP contribution in [0.5, 0.6) is 0 Å². The molecule has 1 aliphatic rings. The number of hydrogen-bond acceptors (Lipinski definition) is 4. The fourth-order valence-corrected chi connectivity index (χ4v) is 3.31. The maximum absolute atomic E-state index is 13.9. The average molecular weight is 316 g/mol. The fourth-order valence-electron chi connectivity index (χ4n) is 2.20. The number of amides is 1. The molecule has 1 aromatic carbocycles. The van der Waals surface area contributed by atoms with Crippen LogP contribution in [0.3, 0.4) is 0 Å². The molecule has 0 bridgehead atoms. The second-order valence-corrected chi connectivity index (χ2v) is 7.18. The third-order valence-corrected chi connectivity index (χ3v) is 4.47. The largest absolute Gasteiger partial charge is 0.336 e. The number of nitrogens with zero attached hydrogens (tertiary/aromatic N) is 2. The number of benzene rings is 1. The number of nitro benzene ring substituents is 1. The van der Waals surface area contributed by atoms with E-state index in [1.807, 2.05) is 13.8 Å². The Morgan fingerprint density at radius 2 is 2.05 bits per heavy atom. The number of carbonyl (C=O) groups is 1. The molecular weight excluding hydrogens is 302 g/mol. The maximum atomic E-state index is 13.9. The van der Waals surface area contributed by atoms with E-state index in [4.69, 9.17) is 0 Å². The molecule has 0 aromatic heterocycles. The third-order valence-electron chi connectivity index (χ3n) is 3.18. The quantitative estimate of drug-likeness (QED) is 0.622. The number of rotatable bonds is 2. The molecule has 2 rings (SSSR count). The summed E-state index contributed by atoms with van der Waals surface area (Å²) in [5.74, 6) is -2.23. The first-order valence-corrected chi connectivity index (χ1v) is 7.26. The summed E-state index contributed by atoms with van der Waals surface area (Å²) in [4.78, 5) is 23.2. The monoisotopic (exact) mass is 316 g/mol. The molecular formula is C13H14F2N2O3S. The molecule has 1 aromatic rings. The van der Waals surface area contributed by atoms with Gasteiger partial charge in [0.25, 0.3) is 5.91 Å². The molecule has 0 radical (unpaired) electrons. The van der Waals surface area contributed by atoms with E-state index in [-0.39, 0.29) is 4.75 Å². The summed E-state index contributed by atoms with van der Waals surface area (Å²) >= 11 is 1.70. The van der Waals surface area contributed by atoms with Crippen LogP contribution in [0.15, 0.2) is 12.1 Å². The summed E-state index contributed by atoms with van der Waals surface area (Å²) in [7, 11) is 0. The number of halogens is 2. The van der Waals surface area contributed by atoms with Crippen molar-refractivity contribution in [3.8, 4) is 0 Å². The predicted molar refractivity (Wildman–Crippen MR) is 75.5 cm³/mol. The van der Waals surface area contributed by atoms with Gasteiger partial charge >= 0.3 is 5.69 Å². The first kappa shape index (κ1) is 15.7. The van der Waals surface area contributed by atoms with Crippen molar-refractivity contribution in [1.29, 1.82) is 0 Å². The molecule has 0 spiro atoms. The zero-order valence-electron chi connectivity index (χ0n) is 11.6. The standard InChI is InChI=1S/C13H14F2N2O3S/c1-13(2)7-16(3-4-21-13)12(18)8-5-10(15)11(17(19)20)6-9(8)14/h5-6H,3-4,7H2,1-2H3. The predicted octanol–water partition coefficient (Wildman–Crippen LogP) is 2.84. The van der Waals surface area contributed by atoms with Crippen LogP contribution in [0.4, 0.5) is 14.5 Å². The first-order chi connectivity index (χ1) is 9.71. The van der Waals surface area contributed by atoms with Crippen molar-refractivity contribution >= 4 is 23.4 Å². The van der Waals surface area contributed by atoms with Crippen LogP contribution in [0.1, 0.15) is 24.2 Å². The molecule has 21 heavy (non-hydrogen) atoms. The average Bonchev–Trinajstić information content (AvgIpc) is 2.38. The van der Waals surface area contributed by atoms with Gasteiger partial charge < -0.3 is 4.90 Å². The SMILES string of the molecule is CC1(C)CN(C(=O)c2cc(F)c([N+](=O)[O-])cc2F)CCS1. The summed E-state index contributed by atoms with van der Waals surface area (Å²) in [6.07, 6.45) is 0. The highest BCUT2D eigenvalue weighted by molar-refractivity contribution is 8.00. The Labute approximate surface area is 124 Å². The van der Waals surface area contributed by atoms with Crippen LogP contribution in [0, 0.1) is 21.7 Å². The van der Waals surface area contributed by atoms with Crippen molar-refractivity contribution in [1.82, 2.24) is 4.90 Å². The zero-order valence-corrected chi connectivity index (χ0v) is 12.4. The van der Waals surface area contributed by atoms with E-state index in [2.05, 4.69) is 0 Å². The molecule has 1 aliphatic heterocycles. The van der Waals surface area contributed by atoms with Crippen molar-refractivity contribution in [2.45, 2.75) is 18.6 Å². The Morgan fingerprint density at radius 3 is 2.62 bits per heavy atom. The molecule has 1 fully saturated rings. The lowest BCUT2D eigenvalue weighted by Crippen LogP contribution is -2.46. The lowest BCUT2D eigenvalue weighted by Gasteiger charge is -2.37. The Kier molecular flexibility index (Phi) is 4.18. The Balaban J connectivity index is 2.31. The van der Waals surface area contributed by atoms with Gasteiger partial charge in [-0.05, 0) is 19.9 Å². The molecule has 5 nitrogen and oxygen atoms in total. The molecule has 1 saturated heterocycles. The molecule has 0 atom stereocenters. The van der Waals surface area contributed by atoms with Gasteiger partial charge in [-0.1, -0.05) is 0 Å². The van der Waals surface area contributed by atoms with Gasteiger partial charge in [-0.25, -0.2) is 4.39 Å². The van der Waals surface area contributed by atoms with Crippen LogP contribution in [0.25, 0.3) is 0 Å². The number of hydrogen-bond donors (Lipinski definition) is 0. The summed E-state index contributed by atoms with van der Waals surface area (Å²) in [5, 5.41) is 10.5. The zero-order chi connectivity index (χ0) is 15.8. The number of nitro groups is 1. The molecule has 1 amide bonds. The molecule has 0 N–H and O–H groups in total. The van der Waals surface area contributed by atoms with Gasteiger partial charge in [0.1, 0.15) is 5.82 Å². The van der Waals surface area contributed by atoms with Crippen molar-refractivity contribution in [3.05, 3.63) is 39.4 Å². The maximum Gasteiger partial charge on any atom is 0.307 e. The second-order valence-electron chi connectivity index (χ2n) is 5.38. The van der Waals surface area contributed by atoms with Crippen LogP contribution >= 0.6 is 11.8 Å². The van der Waals surface area contributed by atoms with Crippen LogP contribution in [-0.2, 0) is 0 Å². The summed E-state index contributed by atoms with van der Waals surface area (Å²) < 4.78 is 27.3. The van der Waals surface area contributed by atoms with Gasteiger partial charge in [0.15, 0.2) is 0 Å². The van der Waals surface area contributed by atoms with Crippen LogP contribution in [-0.4, -0.2) is 39.3 Å². The number of thioether (sulfide) groups is 1. The van der Waals surface area contributed by atoms with E-state index in [0.717, 1.165) is 0 Å². The van der Waals surface area contributed by atoms with E-state index >= 15 is 0 Å². The van der Waals surface area contributed by atoms with Gasteiger partial charge in [0, 0.05) is 23.6 Å². The van der Waals surface area contributed by atoms with E-state index in [0.29, 0.717) is 31.0 Å². The van der Waals surface area contributed by atoms with Gasteiger partial charge in [-0.3, -0.25) is 14.9 Å². The number of carbonyl (C=O) groups excluding carboxylic acids is 1. The Hall–Kier alpha value is -1.70. The molecule has 0 unspecified atom stereocenters. The fraction of sp³-hybridized carbons (Fsp3) is 0.462. The van der Waals surface area contributed by atoms with Crippen LogP contribution in [0.2, 0.25) is 0 Å². The summed E-state index contributed by atoms with van der Waals surface area (Å²) in [6.45, 7) is 4.77. The molecule has 0 aliphatic carbocycles. The first-order valence-electron chi connectivity index (χ1n) is 6.28. The van der Waals surface area contributed by atoms with Crippen molar-refractivity contribution < 1.29 is 18.5 Å². The van der Waals surface area contributed by atoms with E-state index in [1.54, 1.807) is 11.8 Å². The van der Waals surface area contributed by atoms with Crippen LogP contribution < -0.4 is 0 Å². The van der Waals surface area contributed by atoms with E-state index in [1.165, 1.54) is 4.90 Å². The molecule has 1 heterocycles. The van der Waals surface area contributed by atoms with Gasteiger partial charge in [-0.15, -0.1) is 0 Å². The smallest absolute Gasteiger partial charge is 0.307 e. The highest BCUT2D eigenvalue weighted by atomic mass is 32.2. The van der Waals surface area contributed by atoms with E-state index in [9.17, 15) is 23.7 Å². The van der Waals surface area contributed by atoms with Crippen molar-refractivity contribution in [2.24, 2.45) is 0 Å². The van der Waals surface area contributed by atoms with Gasteiger partial charge in [-0.2, -0.15) is 16.2 Å². The minimum absolute atomic E-state index is 0.163. The minimum atomic E-state index is -1.21. The lowest BCUT2D eigenvalue weighted by molar-refractivity contribution is -0.387.